The molecule has 1 N–H and O–H groups in total. The highest BCUT2D eigenvalue weighted by molar-refractivity contribution is 7.90. The SMILES string of the molecule is O=C(O)C1CN(S(=O)(=O)N2CCOCC2)c2ccccc21. The molecule has 0 saturated carbocycles. The third-order valence-corrected chi connectivity index (χ3v) is 5.72. The number of aliphatic carboxylic acids is 1. The van der Waals surface area contributed by atoms with Crippen LogP contribution < -0.4 is 4.31 Å². The van der Waals surface area contributed by atoms with Crippen molar-refractivity contribution in [3.8, 4) is 0 Å². The lowest BCUT2D eigenvalue weighted by molar-refractivity contribution is -0.138. The molecule has 0 spiro atoms. The number of rotatable bonds is 3. The van der Waals surface area contributed by atoms with E-state index in [4.69, 9.17) is 4.74 Å². The van der Waals surface area contributed by atoms with Crippen molar-refractivity contribution in [3.05, 3.63) is 29.8 Å². The predicted octanol–water partition coefficient (Wildman–Crippen LogP) is 0.252. The second-order valence-electron chi connectivity index (χ2n) is 5.00. The minimum atomic E-state index is -3.72. The molecule has 2 aliphatic rings. The van der Waals surface area contributed by atoms with Gasteiger partial charge in [0.2, 0.25) is 0 Å². The van der Waals surface area contributed by atoms with Crippen LogP contribution in [0.25, 0.3) is 0 Å². The second kappa shape index (κ2) is 5.28. The second-order valence-corrected chi connectivity index (χ2v) is 6.85. The van der Waals surface area contributed by atoms with E-state index in [1.165, 1.54) is 8.61 Å². The first kappa shape index (κ1) is 14.3. The maximum Gasteiger partial charge on any atom is 0.312 e. The molecule has 1 unspecified atom stereocenters. The highest BCUT2D eigenvalue weighted by atomic mass is 32.2. The summed E-state index contributed by atoms with van der Waals surface area (Å²) in [5.74, 6) is -1.83. The molecule has 0 radical (unpaired) electrons. The minimum absolute atomic E-state index is 0.0611. The largest absolute Gasteiger partial charge is 0.481 e. The van der Waals surface area contributed by atoms with Crippen molar-refractivity contribution >= 4 is 21.9 Å². The van der Waals surface area contributed by atoms with Gasteiger partial charge in [0.1, 0.15) is 5.92 Å². The number of benzene rings is 1. The van der Waals surface area contributed by atoms with E-state index >= 15 is 0 Å². The third kappa shape index (κ3) is 2.39. The molecule has 7 nitrogen and oxygen atoms in total. The summed E-state index contributed by atoms with van der Waals surface area (Å²) in [6.07, 6.45) is 0. The Morgan fingerprint density at radius 3 is 2.57 bits per heavy atom. The molecule has 0 aromatic heterocycles. The van der Waals surface area contributed by atoms with Crippen molar-refractivity contribution in [2.24, 2.45) is 0 Å². The van der Waals surface area contributed by atoms with Gasteiger partial charge >= 0.3 is 16.2 Å². The quantitative estimate of drug-likeness (QED) is 0.864. The molecule has 2 aliphatic heterocycles. The molecule has 3 rings (SSSR count). The number of carboxylic acid groups (broad SMARTS) is 1. The van der Waals surface area contributed by atoms with Crippen LogP contribution in [0.3, 0.4) is 0 Å². The fraction of sp³-hybridized carbons (Fsp3) is 0.462. The highest BCUT2D eigenvalue weighted by Gasteiger charge is 2.41. The summed E-state index contributed by atoms with van der Waals surface area (Å²) in [6, 6.07) is 6.75. The number of anilines is 1. The van der Waals surface area contributed by atoms with Gasteiger partial charge in [-0.05, 0) is 11.6 Å². The van der Waals surface area contributed by atoms with Crippen LogP contribution >= 0.6 is 0 Å². The van der Waals surface area contributed by atoms with Crippen molar-refractivity contribution in [1.82, 2.24) is 4.31 Å². The molecule has 0 amide bonds. The summed E-state index contributed by atoms with van der Waals surface area (Å²) in [5, 5.41) is 9.30. The maximum atomic E-state index is 12.7. The Bertz CT molecular complexity index is 654. The molecule has 2 heterocycles. The number of carbonyl (C=O) groups is 1. The van der Waals surface area contributed by atoms with Gasteiger partial charge in [0.25, 0.3) is 0 Å². The van der Waals surface area contributed by atoms with Crippen LogP contribution in [-0.4, -0.2) is 56.6 Å². The number of fused-ring (bicyclic) bond motifs is 1. The number of hydrogen-bond donors (Lipinski definition) is 1. The molecule has 114 valence electrons. The van der Waals surface area contributed by atoms with Gasteiger partial charge in [0.15, 0.2) is 0 Å². The Morgan fingerprint density at radius 1 is 1.24 bits per heavy atom. The molecular formula is C13H16N2O5S. The van der Waals surface area contributed by atoms with Gasteiger partial charge in [0, 0.05) is 13.1 Å². The van der Waals surface area contributed by atoms with Crippen molar-refractivity contribution in [1.29, 1.82) is 0 Å². The molecule has 0 bridgehead atoms. The molecule has 21 heavy (non-hydrogen) atoms. The zero-order valence-electron chi connectivity index (χ0n) is 11.3. The zero-order chi connectivity index (χ0) is 15.0. The molecule has 1 saturated heterocycles. The highest BCUT2D eigenvalue weighted by Crippen LogP contribution is 2.38. The summed E-state index contributed by atoms with van der Waals surface area (Å²) in [4.78, 5) is 11.4. The van der Waals surface area contributed by atoms with Gasteiger partial charge in [-0.3, -0.25) is 9.10 Å². The van der Waals surface area contributed by atoms with Crippen molar-refractivity contribution in [3.63, 3.8) is 0 Å². The lowest BCUT2D eigenvalue weighted by Gasteiger charge is -2.31. The first-order chi connectivity index (χ1) is 10.0. The molecule has 1 aromatic rings. The number of para-hydroxylation sites is 1. The number of ether oxygens (including phenoxy) is 1. The molecule has 1 aromatic carbocycles. The topological polar surface area (TPSA) is 87.2 Å². The summed E-state index contributed by atoms with van der Waals surface area (Å²) >= 11 is 0. The lowest BCUT2D eigenvalue weighted by atomic mass is 10.0. The number of morpholine rings is 1. The van der Waals surface area contributed by atoms with Gasteiger partial charge in [-0.1, -0.05) is 18.2 Å². The third-order valence-electron chi connectivity index (χ3n) is 3.80. The first-order valence-electron chi connectivity index (χ1n) is 6.69. The summed E-state index contributed by atoms with van der Waals surface area (Å²) in [7, 11) is -3.72. The van der Waals surface area contributed by atoms with E-state index in [0.717, 1.165) is 0 Å². The van der Waals surface area contributed by atoms with Crippen LogP contribution in [-0.2, 0) is 19.7 Å². The monoisotopic (exact) mass is 312 g/mol. The molecular weight excluding hydrogens is 296 g/mol. The Morgan fingerprint density at radius 2 is 1.90 bits per heavy atom. The Hall–Kier alpha value is -1.64. The molecule has 0 aliphatic carbocycles. The Balaban J connectivity index is 1.98. The smallest absolute Gasteiger partial charge is 0.312 e. The van der Waals surface area contributed by atoms with Crippen molar-refractivity contribution < 1.29 is 23.1 Å². The first-order valence-corrected chi connectivity index (χ1v) is 8.09. The number of hydrogen-bond acceptors (Lipinski definition) is 4. The van der Waals surface area contributed by atoms with Gasteiger partial charge < -0.3 is 9.84 Å². The van der Waals surface area contributed by atoms with Crippen molar-refractivity contribution in [2.45, 2.75) is 5.92 Å². The normalized spacial score (nSPS) is 23.0. The van der Waals surface area contributed by atoms with Crippen molar-refractivity contribution in [2.75, 3.05) is 37.2 Å². The number of carboxylic acids is 1. The predicted molar refractivity (Wildman–Crippen MR) is 75.5 cm³/mol. The van der Waals surface area contributed by atoms with Crippen LogP contribution in [0.2, 0.25) is 0 Å². The van der Waals surface area contributed by atoms with E-state index < -0.39 is 22.1 Å². The average molecular weight is 312 g/mol. The maximum absolute atomic E-state index is 12.7. The average Bonchev–Trinajstić information content (AvgIpc) is 2.88. The number of nitrogens with zero attached hydrogens (tertiary/aromatic N) is 2. The standard InChI is InChI=1S/C13H16N2O5S/c16-13(17)11-9-15(12-4-2-1-3-10(11)12)21(18,19)14-5-7-20-8-6-14/h1-4,11H,5-9H2,(H,16,17). The van der Waals surface area contributed by atoms with E-state index in [9.17, 15) is 18.3 Å². The summed E-state index contributed by atoms with van der Waals surface area (Å²) in [6.45, 7) is 1.24. The zero-order valence-corrected chi connectivity index (χ0v) is 12.1. The van der Waals surface area contributed by atoms with Crippen LogP contribution in [0, 0.1) is 0 Å². The molecule has 1 fully saturated rings. The van der Waals surface area contributed by atoms with Gasteiger partial charge in [0.05, 0.1) is 25.4 Å². The van der Waals surface area contributed by atoms with Crippen LogP contribution in [0.15, 0.2) is 24.3 Å². The summed E-state index contributed by atoms with van der Waals surface area (Å²) < 4.78 is 33.2. The Labute approximate surface area is 122 Å². The van der Waals surface area contributed by atoms with E-state index in [1.807, 2.05) is 0 Å². The van der Waals surface area contributed by atoms with Crippen LogP contribution in [0.4, 0.5) is 5.69 Å². The van der Waals surface area contributed by atoms with E-state index in [-0.39, 0.29) is 6.54 Å². The van der Waals surface area contributed by atoms with Crippen LogP contribution in [0.1, 0.15) is 11.5 Å². The van der Waals surface area contributed by atoms with Gasteiger partial charge in [-0.15, -0.1) is 0 Å². The lowest BCUT2D eigenvalue weighted by Crippen LogP contribution is -2.48. The van der Waals surface area contributed by atoms with Gasteiger partial charge in [-0.2, -0.15) is 12.7 Å². The summed E-state index contributed by atoms with van der Waals surface area (Å²) in [5.41, 5.74) is 0.998. The molecule has 8 heteroatoms. The van der Waals surface area contributed by atoms with E-state index in [1.54, 1.807) is 24.3 Å². The van der Waals surface area contributed by atoms with Crippen LogP contribution in [0.5, 0.6) is 0 Å². The minimum Gasteiger partial charge on any atom is -0.481 e. The Kier molecular flexibility index (Phi) is 3.60. The van der Waals surface area contributed by atoms with Gasteiger partial charge in [-0.25, -0.2) is 0 Å². The fourth-order valence-corrected chi connectivity index (χ4v) is 4.36. The molecule has 1 atom stereocenters. The van der Waals surface area contributed by atoms with E-state index in [2.05, 4.69) is 0 Å². The fourth-order valence-electron chi connectivity index (χ4n) is 2.72. The van der Waals surface area contributed by atoms with E-state index in [0.29, 0.717) is 37.6 Å².